The molecule has 4 amide bonds. The highest BCUT2D eigenvalue weighted by Crippen LogP contribution is 2.26. The lowest BCUT2D eigenvalue weighted by atomic mass is 10.0. The van der Waals surface area contributed by atoms with Gasteiger partial charge in [0.25, 0.3) is 0 Å². The van der Waals surface area contributed by atoms with Gasteiger partial charge in [-0.3, -0.25) is 19.2 Å². The molecule has 2 heterocycles. The summed E-state index contributed by atoms with van der Waals surface area (Å²) in [4.78, 5) is 64.0. The van der Waals surface area contributed by atoms with E-state index < -0.39 is 47.9 Å². The number of carboxylic acids is 1. The van der Waals surface area contributed by atoms with E-state index in [1.807, 2.05) is 13.8 Å². The molecule has 174 valence electrons. The fourth-order valence-corrected chi connectivity index (χ4v) is 4.26. The monoisotopic (exact) mass is 439 g/mol. The zero-order valence-corrected chi connectivity index (χ0v) is 18.1. The van der Waals surface area contributed by atoms with Crippen LogP contribution in [-0.4, -0.2) is 81.8 Å². The predicted molar refractivity (Wildman–Crippen MR) is 110 cm³/mol. The molecule has 0 aromatic carbocycles. The summed E-state index contributed by atoms with van der Waals surface area (Å²) in [5.74, 6) is -3.11. The van der Waals surface area contributed by atoms with Crippen LogP contribution in [0.4, 0.5) is 0 Å². The van der Waals surface area contributed by atoms with Crippen molar-refractivity contribution in [3.05, 3.63) is 0 Å². The molecule has 11 nitrogen and oxygen atoms in total. The fourth-order valence-electron chi connectivity index (χ4n) is 4.26. The summed E-state index contributed by atoms with van der Waals surface area (Å²) in [7, 11) is 0. The van der Waals surface area contributed by atoms with Gasteiger partial charge < -0.3 is 31.7 Å². The first-order chi connectivity index (χ1) is 14.5. The van der Waals surface area contributed by atoms with Crippen molar-refractivity contribution in [2.24, 2.45) is 17.4 Å². The number of rotatable bonds is 9. The largest absolute Gasteiger partial charge is 0.480 e. The summed E-state index contributed by atoms with van der Waals surface area (Å²) in [5, 5.41) is 11.9. The SMILES string of the molecule is CC(C)CC(NC(=O)C1CCCN1C(=O)C1CCCN1C(=O)C(N)CC(N)=O)C(=O)O. The number of likely N-dealkylation sites (tertiary alicyclic amines) is 2. The number of nitrogens with one attached hydrogen (secondary N) is 1. The molecule has 6 N–H and O–H groups in total. The number of hydrogen-bond acceptors (Lipinski definition) is 6. The van der Waals surface area contributed by atoms with Crippen LogP contribution >= 0.6 is 0 Å². The van der Waals surface area contributed by atoms with E-state index in [9.17, 15) is 29.1 Å². The molecule has 4 atom stereocenters. The van der Waals surface area contributed by atoms with Crippen molar-refractivity contribution in [2.75, 3.05) is 13.1 Å². The highest BCUT2D eigenvalue weighted by atomic mass is 16.4. The third kappa shape index (κ3) is 6.16. The van der Waals surface area contributed by atoms with E-state index in [-0.39, 0.29) is 24.7 Å². The fraction of sp³-hybridized carbons (Fsp3) is 0.750. The van der Waals surface area contributed by atoms with Crippen molar-refractivity contribution in [3.63, 3.8) is 0 Å². The van der Waals surface area contributed by atoms with Crippen LogP contribution in [0, 0.1) is 5.92 Å². The van der Waals surface area contributed by atoms with Crippen molar-refractivity contribution in [3.8, 4) is 0 Å². The molecule has 4 unspecified atom stereocenters. The number of primary amides is 1. The molecule has 0 bridgehead atoms. The van der Waals surface area contributed by atoms with Crippen LogP contribution in [0.3, 0.4) is 0 Å². The summed E-state index contributed by atoms with van der Waals surface area (Å²) < 4.78 is 0. The first-order valence-corrected chi connectivity index (χ1v) is 10.7. The molecule has 0 spiro atoms. The Balaban J connectivity index is 2.09. The maximum atomic E-state index is 13.2. The number of nitrogens with two attached hydrogens (primary N) is 2. The topological polar surface area (TPSA) is 176 Å². The van der Waals surface area contributed by atoms with Crippen LogP contribution in [0.15, 0.2) is 0 Å². The summed E-state index contributed by atoms with van der Waals surface area (Å²) in [6.45, 7) is 4.41. The van der Waals surface area contributed by atoms with Gasteiger partial charge in [0.05, 0.1) is 12.5 Å². The molecule has 2 rings (SSSR count). The van der Waals surface area contributed by atoms with Crippen LogP contribution in [0.5, 0.6) is 0 Å². The minimum atomic E-state index is -1.12. The number of carbonyl (C=O) groups excluding carboxylic acids is 4. The molecule has 2 fully saturated rings. The molecule has 2 aliphatic heterocycles. The Labute approximate surface area is 181 Å². The minimum Gasteiger partial charge on any atom is -0.480 e. The van der Waals surface area contributed by atoms with E-state index in [4.69, 9.17) is 11.5 Å². The van der Waals surface area contributed by atoms with Crippen LogP contribution in [0.25, 0.3) is 0 Å². The standard InChI is InChI=1S/C20H33N5O6/c1-11(2)9-13(20(30)31)23-17(27)14-5-3-7-24(14)19(29)15-6-4-8-25(15)18(28)12(21)10-16(22)26/h11-15H,3-10,21H2,1-2H3,(H2,22,26)(H,23,27)(H,30,31). The number of nitrogens with zero attached hydrogens (tertiary/aromatic N) is 2. The zero-order valence-electron chi connectivity index (χ0n) is 18.1. The molecule has 0 aliphatic carbocycles. The number of amides is 4. The second kappa shape index (κ2) is 10.6. The highest BCUT2D eigenvalue weighted by Gasteiger charge is 2.43. The molecule has 31 heavy (non-hydrogen) atoms. The van der Waals surface area contributed by atoms with E-state index >= 15 is 0 Å². The number of carboxylic acid groups (broad SMARTS) is 1. The smallest absolute Gasteiger partial charge is 0.326 e. The Bertz CT molecular complexity index is 727. The Hall–Kier alpha value is -2.69. The third-order valence-corrected chi connectivity index (χ3v) is 5.72. The van der Waals surface area contributed by atoms with Gasteiger partial charge in [0, 0.05) is 13.1 Å². The summed E-state index contributed by atoms with van der Waals surface area (Å²) in [6.07, 6.45) is 2.04. The van der Waals surface area contributed by atoms with Crippen molar-refractivity contribution in [1.82, 2.24) is 15.1 Å². The van der Waals surface area contributed by atoms with Crippen LogP contribution in [0.1, 0.15) is 52.4 Å². The molecule has 0 aromatic rings. The van der Waals surface area contributed by atoms with Gasteiger partial charge in [-0.15, -0.1) is 0 Å². The third-order valence-electron chi connectivity index (χ3n) is 5.72. The second-order valence-electron chi connectivity index (χ2n) is 8.69. The van der Waals surface area contributed by atoms with E-state index in [2.05, 4.69) is 5.32 Å². The van der Waals surface area contributed by atoms with Gasteiger partial charge in [-0.25, -0.2) is 4.79 Å². The van der Waals surface area contributed by atoms with Crippen molar-refractivity contribution in [1.29, 1.82) is 0 Å². The first-order valence-electron chi connectivity index (χ1n) is 10.7. The molecule has 11 heteroatoms. The Morgan fingerprint density at radius 3 is 2.16 bits per heavy atom. The predicted octanol–water partition coefficient (Wildman–Crippen LogP) is -1.21. The molecule has 0 saturated carbocycles. The minimum absolute atomic E-state index is 0.0744. The Morgan fingerprint density at radius 2 is 1.61 bits per heavy atom. The van der Waals surface area contributed by atoms with Gasteiger partial charge in [-0.1, -0.05) is 13.8 Å². The zero-order chi connectivity index (χ0) is 23.3. The van der Waals surface area contributed by atoms with Gasteiger partial charge in [-0.2, -0.15) is 0 Å². The average Bonchev–Trinajstić information content (AvgIpc) is 3.34. The maximum absolute atomic E-state index is 13.2. The number of carbonyl (C=O) groups is 5. The van der Waals surface area contributed by atoms with Crippen molar-refractivity contribution in [2.45, 2.75) is 76.5 Å². The van der Waals surface area contributed by atoms with Gasteiger partial charge in [0.1, 0.15) is 18.1 Å². The lowest BCUT2D eigenvalue weighted by Crippen LogP contribution is -2.56. The van der Waals surface area contributed by atoms with Gasteiger partial charge in [-0.05, 0) is 38.0 Å². The van der Waals surface area contributed by atoms with Crippen LogP contribution in [-0.2, 0) is 24.0 Å². The van der Waals surface area contributed by atoms with Crippen molar-refractivity contribution >= 4 is 29.6 Å². The highest BCUT2D eigenvalue weighted by molar-refractivity contribution is 5.95. The first kappa shape index (κ1) is 24.6. The van der Waals surface area contributed by atoms with Crippen LogP contribution < -0.4 is 16.8 Å². The van der Waals surface area contributed by atoms with Crippen LogP contribution in [0.2, 0.25) is 0 Å². The molecule has 0 aromatic heterocycles. The summed E-state index contributed by atoms with van der Waals surface area (Å²) >= 11 is 0. The van der Waals surface area contributed by atoms with Gasteiger partial charge in [0.2, 0.25) is 23.6 Å². The lowest BCUT2D eigenvalue weighted by Gasteiger charge is -2.32. The lowest BCUT2D eigenvalue weighted by molar-refractivity contribution is -0.148. The van der Waals surface area contributed by atoms with E-state index in [0.717, 1.165) is 0 Å². The Kier molecular flexibility index (Phi) is 8.37. The summed E-state index contributed by atoms with van der Waals surface area (Å²) in [6, 6.07) is -3.68. The molecule has 2 saturated heterocycles. The van der Waals surface area contributed by atoms with Gasteiger partial charge >= 0.3 is 5.97 Å². The average molecular weight is 440 g/mol. The normalized spacial score (nSPS) is 23.0. The van der Waals surface area contributed by atoms with E-state index in [0.29, 0.717) is 38.8 Å². The maximum Gasteiger partial charge on any atom is 0.326 e. The molecular weight excluding hydrogens is 406 g/mol. The van der Waals surface area contributed by atoms with E-state index in [1.54, 1.807) is 0 Å². The van der Waals surface area contributed by atoms with Crippen molar-refractivity contribution < 1.29 is 29.1 Å². The second-order valence-corrected chi connectivity index (χ2v) is 8.69. The Morgan fingerprint density at radius 1 is 1.03 bits per heavy atom. The van der Waals surface area contributed by atoms with E-state index in [1.165, 1.54) is 9.80 Å². The number of aliphatic carboxylic acids is 1. The van der Waals surface area contributed by atoms with Gasteiger partial charge in [0.15, 0.2) is 0 Å². The summed E-state index contributed by atoms with van der Waals surface area (Å²) in [5.41, 5.74) is 10.9. The number of hydrogen-bond donors (Lipinski definition) is 4. The molecule has 0 radical (unpaired) electrons. The quantitative estimate of drug-likeness (QED) is 0.348. The molecule has 2 aliphatic rings. The molecular formula is C20H33N5O6.